The van der Waals surface area contributed by atoms with Crippen LogP contribution >= 0.6 is 11.8 Å². The zero-order chi connectivity index (χ0) is 10.7. The highest BCUT2D eigenvalue weighted by atomic mass is 32.2. The molecule has 15 heavy (non-hydrogen) atoms. The molecule has 0 radical (unpaired) electrons. The van der Waals surface area contributed by atoms with E-state index >= 15 is 0 Å². The third-order valence-electron chi connectivity index (χ3n) is 2.85. The van der Waals surface area contributed by atoms with Crippen LogP contribution in [0.1, 0.15) is 24.5 Å². The summed E-state index contributed by atoms with van der Waals surface area (Å²) in [5.41, 5.74) is 0. The van der Waals surface area contributed by atoms with Gasteiger partial charge in [-0.25, -0.2) is 0 Å². The van der Waals surface area contributed by atoms with Crippen LogP contribution in [0.2, 0.25) is 0 Å². The fraction of sp³-hybridized carbons (Fsp3) is 0.545. The number of thioether (sulfide) groups is 1. The first kappa shape index (κ1) is 10.6. The maximum Gasteiger partial charge on any atom is 0.314 e. The number of hydrogen-bond acceptors (Lipinski definition) is 3. The van der Waals surface area contributed by atoms with Crippen LogP contribution in [-0.4, -0.2) is 22.6 Å². The van der Waals surface area contributed by atoms with E-state index < -0.39 is 11.9 Å². The molecule has 0 bridgehead atoms. The first-order valence-corrected chi connectivity index (χ1v) is 6.28. The molecule has 3 nitrogen and oxygen atoms in total. The van der Waals surface area contributed by atoms with Gasteiger partial charge in [-0.3, -0.25) is 4.79 Å². The molecule has 0 aliphatic carbocycles. The van der Waals surface area contributed by atoms with Gasteiger partial charge in [0, 0.05) is 0 Å². The van der Waals surface area contributed by atoms with Gasteiger partial charge in [-0.2, -0.15) is 11.8 Å². The van der Waals surface area contributed by atoms with Gasteiger partial charge in [0.2, 0.25) is 0 Å². The Morgan fingerprint density at radius 3 is 2.80 bits per heavy atom. The van der Waals surface area contributed by atoms with Crippen LogP contribution in [0, 0.1) is 5.92 Å². The van der Waals surface area contributed by atoms with Gasteiger partial charge in [0.25, 0.3) is 0 Å². The van der Waals surface area contributed by atoms with E-state index in [2.05, 4.69) is 0 Å². The molecule has 1 unspecified atom stereocenters. The van der Waals surface area contributed by atoms with Crippen molar-refractivity contribution in [2.75, 3.05) is 11.5 Å². The van der Waals surface area contributed by atoms with E-state index in [1.807, 2.05) is 11.8 Å². The van der Waals surface area contributed by atoms with Crippen molar-refractivity contribution >= 4 is 17.7 Å². The summed E-state index contributed by atoms with van der Waals surface area (Å²) < 4.78 is 5.22. The fourth-order valence-electron chi connectivity index (χ4n) is 2.07. The molecule has 1 N–H and O–H groups in total. The zero-order valence-corrected chi connectivity index (χ0v) is 9.20. The highest BCUT2D eigenvalue weighted by molar-refractivity contribution is 7.99. The van der Waals surface area contributed by atoms with Gasteiger partial charge < -0.3 is 9.52 Å². The average molecular weight is 226 g/mol. The summed E-state index contributed by atoms with van der Waals surface area (Å²) in [6.07, 6.45) is 3.49. The van der Waals surface area contributed by atoms with Gasteiger partial charge in [0.1, 0.15) is 11.7 Å². The van der Waals surface area contributed by atoms with Crippen molar-refractivity contribution in [2.24, 2.45) is 5.92 Å². The third-order valence-corrected chi connectivity index (χ3v) is 3.90. The van der Waals surface area contributed by atoms with E-state index in [0.29, 0.717) is 5.76 Å². The molecule has 1 fully saturated rings. The molecule has 1 aliphatic rings. The van der Waals surface area contributed by atoms with Crippen molar-refractivity contribution < 1.29 is 14.3 Å². The van der Waals surface area contributed by atoms with E-state index in [4.69, 9.17) is 4.42 Å². The minimum absolute atomic E-state index is 0.231. The van der Waals surface area contributed by atoms with Crippen LogP contribution in [-0.2, 0) is 4.79 Å². The third kappa shape index (κ3) is 2.37. The van der Waals surface area contributed by atoms with Gasteiger partial charge in [0.15, 0.2) is 0 Å². The summed E-state index contributed by atoms with van der Waals surface area (Å²) in [6.45, 7) is 0. The standard InChI is InChI=1S/C11H14O3S/c12-11(13)10(9-2-1-5-14-9)8-3-6-15-7-4-8/h1-2,5,8,10H,3-4,6-7H2,(H,12,13). The van der Waals surface area contributed by atoms with Crippen molar-refractivity contribution in [3.63, 3.8) is 0 Å². The number of carboxylic acid groups (broad SMARTS) is 1. The molecule has 0 aromatic carbocycles. The first-order valence-electron chi connectivity index (χ1n) is 5.13. The second-order valence-electron chi connectivity index (χ2n) is 3.78. The highest BCUT2D eigenvalue weighted by Crippen LogP contribution is 2.35. The van der Waals surface area contributed by atoms with Gasteiger partial charge in [0.05, 0.1) is 6.26 Å². The Morgan fingerprint density at radius 1 is 1.53 bits per heavy atom. The Hall–Kier alpha value is -0.900. The molecule has 1 aromatic rings. The van der Waals surface area contributed by atoms with Crippen molar-refractivity contribution in [1.29, 1.82) is 0 Å². The van der Waals surface area contributed by atoms with E-state index in [-0.39, 0.29) is 5.92 Å². The van der Waals surface area contributed by atoms with Crippen molar-refractivity contribution in [3.05, 3.63) is 24.2 Å². The molecular weight excluding hydrogens is 212 g/mol. The molecule has 82 valence electrons. The molecule has 1 aliphatic heterocycles. The van der Waals surface area contributed by atoms with Gasteiger partial charge >= 0.3 is 5.97 Å². The quantitative estimate of drug-likeness (QED) is 0.860. The van der Waals surface area contributed by atoms with E-state index in [1.54, 1.807) is 18.4 Å². The Balaban J connectivity index is 2.15. The molecule has 0 amide bonds. The lowest BCUT2D eigenvalue weighted by Crippen LogP contribution is -2.24. The van der Waals surface area contributed by atoms with Gasteiger partial charge in [-0.05, 0) is 42.4 Å². The highest BCUT2D eigenvalue weighted by Gasteiger charge is 2.32. The molecule has 0 spiro atoms. The fourth-order valence-corrected chi connectivity index (χ4v) is 3.22. The summed E-state index contributed by atoms with van der Waals surface area (Å²) in [5.74, 6) is 1.74. The Labute approximate surface area is 92.9 Å². The van der Waals surface area contributed by atoms with Crippen LogP contribution < -0.4 is 0 Å². The lowest BCUT2D eigenvalue weighted by molar-refractivity contribution is -0.140. The van der Waals surface area contributed by atoms with Crippen molar-refractivity contribution in [3.8, 4) is 0 Å². The molecule has 1 aromatic heterocycles. The maximum atomic E-state index is 11.2. The normalized spacial score (nSPS) is 20.0. The first-order chi connectivity index (χ1) is 7.29. The van der Waals surface area contributed by atoms with Crippen LogP contribution in [0.15, 0.2) is 22.8 Å². The van der Waals surface area contributed by atoms with E-state index in [9.17, 15) is 9.90 Å². The summed E-state index contributed by atoms with van der Waals surface area (Å²) in [7, 11) is 0. The molecular formula is C11H14O3S. The zero-order valence-electron chi connectivity index (χ0n) is 8.39. The second-order valence-corrected chi connectivity index (χ2v) is 5.01. The number of carboxylic acids is 1. The molecule has 2 rings (SSSR count). The minimum atomic E-state index is -0.762. The maximum absolute atomic E-state index is 11.2. The Morgan fingerprint density at radius 2 is 2.27 bits per heavy atom. The van der Waals surface area contributed by atoms with E-state index in [1.165, 1.54) is 0 Å². The summed E-state index contributed by atoms with van der Waals surface area (Å²) >= 11 is 1.90. The number of aliphatic carboxylic acids is 1. The molecule has 1 saturated heterocycles. The lowest BCUT2D eigenvalue weighted by atomic mass is 9.86. The van der Waals surface area contributed by atoms with Crippen LogP contribution in [0.25, 0.3) is 0 Å². The number of furan rings is 1. The Bertz CT molecular complexity index is 315. The molecule has 2 heterocycles. The Kier molecular flexibility index (Phi) is 3.36. The minimum Gasteiger partial charge on any atom is -0.481 e. The van der Waals surface area contributed by atoms with E-state index in [0.717, 1.165) is 24.3 Å². The van der Waals surface area contributed by atoms with Crippen molar-refractivity contribution in [2.45, 2.75) is 18.8 Å². The molecule has 1 atom stereocenters. The monoisotopic (exact) mass is 226 g/mol. The summed E-state index contributed by atoms with van der Waals surface area (Å²) in [4.78, 5) is 11.2. The van der Waals surface area contributed by atoms with Gasteiger partial charge in [-0.1, -0.05) is 0 Å². The second kappa shape index (κ2) is 4.75. The van der Waals surface area contributed by atoms with Crippen LogP contribution in [0.5, 0.6) is 0 Å². The molecule has 0 saturated carbocycles. The van der Waals surface area contributed by atoms with Crippen LogP contribution in [0.3, 0.4) is 0 Å². The largest absolute Gasteiger partial charge is 0.481 e. The van der Waals surface area contributed by atoms with Crippen LogP contribution in [0.4, 0.5) is 0 Å². The smallest absolute Gasteiger partial charge is 0.314 e. The number of hydrogen-bond donors (Lipinski definition) is 1. The summed E-state index contributed by atoms with van der Waals surface area (Å²) in [6, 6.07) is 3.52. The lowest BCUT2D eigenvalue weighted by Gasteiger charge is -2.25. The number of carbonyl (C=O) groups is 1. The topological polar surface area (TPSA) is 50.4 Å². The predicted molar refractivity (Wildman–Crippen MR) is 59.1 cm³/mol. The average Bonchev–Trinajstić information content (AvgIpc) is 2.72. The predicted octanol–water partition coefficient (Wildman–Crippen LogP) is 2.59. The van der Waals surface area contributed by atoms with Gasteiger partial charge in [-0.15, -0.1) is 0 Å². The summed E-state index contributed by atoms with van der Waals surface area (Å²) in [5, 5.41) is 9.23. The SMILES string of the molecule is O=C(O)C(c1ccco1)C1CCSCC1. The van der Waals surface area contributed by atoms with Crippen molar-refractivity contribution in [1.82, 2.24) is 0 Å². The number of rotatable bonds is 3. The molecule has 4 heteroatoms.